The summed E-state index contributed by atoms with van der Waals surface area (Å²) >= 11 is 0. The molecule has 5 nitrogen and oxygen atoms in total. The van der Waals surface area contributed by atoms with E-state index in [4.69, 9.17) is 0 Å². The lowest BCUT2D eigenvalue weighted by atomic mass is 10.4. The Hall–Kier alpha value is -1.26. The van der Waals surface area contributed by atoms with E-state index in [1.165, 1.54) is 4.90 Å². The number of urea groups is 1. The lowest BCUT2D eigenvalue weighted by Gasteiger charge is -2.21. The van der Waals surface area contributed by atoms with Crippen molar-refractivity contribution in [3.05, 3.63) is 0 Å². The molecule has 5 heteroatoms. The molecule has 0 unspecified atom stereocenters. The number of rotatable bonds is 3. The number of carbonyl (C=O) groups is 2. The van der Waals surface area contributed by atoms with E-state index in [2.05, 4.69) is 5.32 Å². The van der Waals surface area contributed by atoms with Gasteiger partial charge in [0.15, 0.2) is 0 Å². The van der Waals surface area contributed by atoms with E-state index in [0.29, 0.717) is 6.54 Å². The predicted molar refractivity (Wildman–Crippen MR) is 57.5 cm³/mol. The summed E-state index contributed by atoms with van der Waals surface area (Å²) in [6, 6.07) is -0.190. The first-order valence-electron chi connectivity index (χ1n) is 5.42. The molecular weight excluding hydrogens is 194 g/mol. The van der Waals surface area contributed by atoms with E-state index < -0.39 is 0 Å². The third kappa shape index (κ3) is 3.42. The molecule has 0 aromatic rings. The van der Waals surface area contributed by atoms with Crippen LogP contribution in [-0.2, 0) is 4.79 Å². The van der Waals surface area contributed by atoms with Crippen molar-refractivity contribution >= 4 is 11.9 Å². The molecular formula is C10H19N3O2. The number of likely N-dealkylation sites (N-methyl/N-ethyl adjacent to an activating group) is 1. The van der Waals surface area contributed by atoms with E-state index in [0.717, 1.165) is 25.9 Å². The molecule has 1 fully saturated rings. The fourth-order valence-electron chi connectivity index (χ4n) is 1.63. The van der Waals surface area contributed by atoms with Crippen LogP contribution in [0.15, 0.2) is 0 Å². The van der Waals surface area contributed by atoms with E-state index in [9.17, 15) is 9.59 Å². The van der Waals surface area contributed by atoms with E-state index in [-0.39, 0.29) is 18.5 Å². The van der Waals surface area contributed by atoms with E-state index >= 15 is 0 Å². The van der Waals surface area contributed by atoms with Crippen molar-refractivity contribution in [2.24, 2.45) is 0 Å². The molecule has 86 valence electrons. The minimum atomic E-state index is -0.190. The van der Waals surface area contributed by atoms with Gasteiger partial charge in [0.05, 0.1) is 0 Å². The van der Waals surface area contributed by atoms with E-state index in [1.54, 1.807) is 7.05 Å². The molecule has 0 aromatic carbocycles. The van der Waals surface area contributed by atoms with Crippen molar-refractivity contribution in [2.45, 2.75) is 19.8 Å². The molecule has 3 amide bonds. The van der Waals surface area contributed by atoms with Crippen LogP contribution < -0.4 is 5.32 Å². The summed E-state index contributed by atoms with van der Waals surface area (Å²) in [5.41, 5.74) is 0. The highest BCUT2D eigenvalue weighted by molar-refractivity contribution is 5.84. The summed E-state index contributed by atoms with van der Waals surface area (Å²) in [5.74, 6) is 0.0428. The number of hydrogen-bond acceptors (Lipinski definition) is 2. The molecule has 0 radical (unpaired) electrons. The zero-order valence-electron chi connectivity index (χ0n) is 9.45. The fourth-order valence-corrected chi connectivity index (χ4v) is 1.63. The Morgan fingerprint density at radius 2 is 1.93 bits per heavy atom. The van der Waals surface area contributed by atoms with Crippen LogP contribution in [0.25, 0.3) is 0 Å². The molecule has 15 heavy (non-hydrogen) atoms. The Morgan fingerprint density at radius 1 is 1.33 bits per heavy atom. The van der Waals surface area contributed by atoms with Crippen LogP contribution in [0.3, 0.4) is 0 Å². The monoisotopic (exact) mass is 213 g/mol. The topological polar surface area (TPSA) is 52.7 Å². The zero-order valence-corrected chi connectivity index (χ0v) is 9.45. The predicted octanol–water partition coefficient (Wildman–Crippen LogP) is 0.270. The molecule has 1 N–H and O–H groups in total. The molecule has 0 saturated carbocycles. The number of carbonyl (C=O) groups excluding carboxylic acids is 2. The molecule has 1 rings (SSSR count). The standard InChI is InChI=1S/C10H19N3O2/c1-3-11-10(15)12(2)8-9(14)13-6-4-5-7-13/h3-8H2,1-2H3,(H,11,15). The summed E-state index contributed by atoms with van der Waals surface area (Å²) in [4.78, 5) is 26.2. The molecule has 0 aromatic heterocycles. The molecule has 0 bridgehead atoms. The van der Waals surface area contributed by atoms with Gasteiger partial charge in [0, 0.05) is 26.7 Å². The van der Waals surface area contributed by atoms with Crippen molar-refractivity contribution < 1.29 is 9.59 Å². The number of hydrogen-bond donors (Lipinski definition) is 1. The van der Waals surface area contributed by atoms with Gasteiger partial charge in [-0.25, -0.2) is 4.79 Å². The molecule has 1 aliphatic rings. The third-order valence-electron chi connectivity index (χ3n) is 2.51. The molecule has 1 aliphatic heterocycles. The van der Waals surface area contributed by atoms with Gasteiger partial charge in [-0.15, -0.1) is 0 Å². The van der Waals surface area contributed by atoms with Crippen molar-refractivity contribution in [3.8, 4) is 0 Å². The van der Waals surface area contributed by atoms with Gasteiger partial charge in [0.2, 0.25) is 5.91 Å². The summed E-state index contributed by atoms with van der Waals surface area (Å²) < 4.78 is 0. The second kappa shape index (κ2) is 5.58. The number of nitrogens with zero attached hydrogens (tertiary/aromatic N) is 2. The number of amides is 3. The first-order chi connectivity index (χ1) is 7.15. The van der Waals surface area contributed by atoms with Crippen LogP contribution in [0.1, 0.15) is 19.8 Å². The molecule has 1 saturated heterocycles. The van der Waals surface area contributed by atoms with Gasteiger partial charge in [-0.05, 0) is 19.8 Å². The quantitative estimate of drug-likeness (QED) is 0.731. The highest BCUT2D eigenvalue weighted by Gasteiger charge is 2.20. The maximum atomic E-state index is 11.7. The second-order valence-corrected chi connectivity index (χ2v) is 3.78. The first-order valence-corrected chi connectivity index (χ1v) is 5.42. The van der Waals surface area contributed by atoms with Gasteiger partial charge < -0.3 is 15.1 Å². The van der Waals surface area contributed by atoms with Gasteiger partial charge in [0.25, 0.3) is 0 Å². The van der Waals surface area contributed by atoms with Gasteiger partial charge in [-0.2, -0.15) is 0 Å². The lowest BCUT2D eigenvalue weighted by Crippen LogP contribution is -2.44. The number of nitrogens with one attached hydrogen (secondary N) is 1. The molecule has 0 aliphatic carbocycles. The van der Waals surface area contributed by atoms with Gasteiger partial charge in [-0.1, -0.05) is 0 Å². The second-order valence-electron chi connectivity index (χ2n) is 3.78. The maximum Gasteiger partial charge on any atom is 0.317 e. The van der Waals surface area contributed by atoms with Crippen LogP contribution >= 0.6 is 0 Å². The van der Waals surface area contributed by atoms with Crippen LogP contribution in [-0.4, -0.2) is 55.0 Å². The molecule has 0 atom stereocenters. The summed E-state index contributed by atoms with van der Waals surface area (Å²) in [6.07, 6.45) is 2.16. The lowest BCUT2D eigenvalue weighted by molar-refractivity contribution is -0.130. The van der Waals surface area contributed by atoms with Crippen molar-refractivity contribution in [1.29, 1.82) is 0 Å². The highest BCUT2D eigenvalue weighted by Crippen LogP contribution is 2.07. The SMILES string of the molecule is CCNC(=O)N(C)CC(=O)N1CCCC1. The van der Waals surface area contributed by atoms with Crippen molar-refractivity contribution in [1.82, 2.24) is 15.1 Å². The van der Waals surface area contributed by atoms with E-state index in [1.807, 2.05) is 11.8 Å². The van der Waals surface area contributed by atoms with Gasteiger partial charge in [-0.3, -0.25) is 4.79 Å². The van der Waals surface area contributed by atoms with Crippen molar-refractivity contribution in [3.63, 3.8) is 0 Å². The van der Waals surface area contributed by atoms with Crippen LogP contribution in [0.2, 0.25) is 0 Å². The molecule has 0 spiro atoms. The minimum absolute atomic E-state index is 0.0428. The number of likely N-dealkylation sites (tertiary alicyclic amines) is 1. The fraction of sp³-hybridized carbons (Fsp3) is 0.800. The largest absolute Gasteiger partial charge is 0.341 e. The summed E-state index contributed by atoms with van der Waals surface area (Å²) in [7, 11) is 1.64. The third-order valence-corrected chi connectivity index (χ3v) is 2.51. The summed E-state index contributed by atoms with van der Waals surface area (Å²) in [6.45, 7) is 4.28. The minimum Gasteiger partial charge on any atom is -0.341 e. The van der Waals surface area contributed by atoms with Crippen molar-refractivity contribution in [2.75, 3.05) is 33.2 Å². The zero-order chi connectivity index (χ0) is 11.3. The normalized spacial score (nSPS) is 15.2. The Morgan fingerprint density at radius 3 is 2.47 bits per heavy atom. The Kier molecular flexibility index (Phi) is 4.39. The Balaban J connectivity index is 2.33. The average molecular weight is 213 g/mol. The highest BCUT2D eigenvalue weighted by atomic mass is 16.2. The van der Waals surface area contributed by atoms with Crippen LogP contribution in [0, 0.1) is 0 Å². The van der Waals surface area contributed by atoms with Crippen LogP contribution in [0.4, 0.5) is 4.79 Å². The molecule has 1 heterocycles. The smallest absolute Gasteiger partial charge is 0.317 e. The van der Waals surface area contributed by atoms with Gasteiger partial charge >= 0.3 is 6.03 Å². The van der Waals surface area contributed by atoms with Crippen LogP contribution in [0.5, 0.6) is 0 Å². The summed E-state index contributed by atoms with van der Waals surface area (Å²) in [5, 5.41) is 2.66. The maximum absolute atomic E-state index is 11.7. The average Bonchev–Trinajstić information content (AvgIpc) is 2.70. The van der Waals surface area contributed by atoms with Gasteiger partial charge in [0.1, 0.15) is 6.54 Å². The first kappa shape index (κ1) is 11.8. The Labute approximate surface area is 90.4 Å². The Bertz CT molecular complexity index is 237.